The van der Waals surface area contributed by atoms with Crippen LogP contribution in [0.3, 0.4) is 0 Å². The molecule has 22 heavy (non-hydrogen) atoms. The monoisotopic (exact) mass is 294 g/mol. The molecule has 2 heterocycles. The van der Waals surface area contributed by atoms with E-state index >= 15 is 0 Å². The van der Waals surface area contributed by atoms with Crippen LogP contribution in [0.4, 0.5) is 0 Å². The third-order valence-electron chi connectivity index (χ3n) is 3.35. The van der Waals surface area contributed by atoms with Crippen LogP contribution in [0, 0.1) is 0 Å². The second-order valence-corrected chi connectivity index (χ2v) is 6.10. The van der Waals surface area contributed by atoms with E-state index in [0.717, 1.165) is 22.5 Å². The summed E-state index contributed by atoms with van der Waals surface area (Å²) in [5, 5.41) is 0. The summed E-state index contributed by atoms with van der Waals surface area (Å²) in [6.45, 7) is 6.27. The van der Waals surface area contributed by atoms with E-state index < -0.39 is 0 Å². The molecule has 5 heteroatoms. The van der Waals surface area contributed by atoms with Crippen LogP contribution in [0.1, 0.15) is 26.5 Å². The third-order valence-corrected chi connectivity index (χ3v) is 3.35. The van der Waals surface area contributed by atoms with Gasteiger partial charge in [-0.2, -0.15) is 9.97 Å². The number of hydrogen-bond donors (Lipinski definition) is 0. The second kappa shape index (κ2) is 5.33. The van der Waals surface area contributed by atoms with E-state index in [1.165, 1.54) is 0 Å². The normalized spacial score (nSPS) is 11.6. The highest BCUT2D eigenvalue weighted by atomic mass is 16.5. The predicted octanol–water partition coefficient (Wildman–Crippen LogP) is 3.39. The molecule has 0 radical (unpaired) electrons. The number of rotatable bonds is 2. The lowest BCUT2D eigenvalue weighted by Gasteiger charge is -2.19. The maximum Gasteiger partial charge on any atom is 0.318 e. The van der Waals surface area contributed by atoms with E-state index in [2.05, 4.69) is 35.7 Å². The van der Waals surface area contributed by atoms with E-state index in [1.807, 2.05) is 30.3 Å². The molecule has 5 nitrogen and oxygen atoms in total. The minimum Gasteiger partial charge on any atom is -0.467 e. The largest absolute Gasteiger partial charge is 0.467 e. The molecule has 0 N–H and O–H groups in total. The second-order valence-electron chi connectivity index (χ2n) is 6.10. The van der Waals surface area contributed by atoms with Crippen molar-refractivity contribution in [3.8, 4) is 17.3 Å². The van der Waals surface area contributed by atoms with Crippen LogP contribution >= 0.6 is 0 Å². The summed E-state index contributed by atoms with van der Waals surface area (Å²) in [7, 11) is 1.55. The van der Waals surface area contributed by atoms with Crippen LogP contribution in [0.5, 0.6) is 6.01 Å². The van der Waals surface area contributed by atoms with Gasteiger partial charge in [-0.15, -0.1) is 0 Å². The average Bonchev–Trinajstić information content (AvgIpc) is 2.53. The number of nitrogens with zero attached hydrogens (tertiary/aromatic N) is 4. The SMILES string of the molecule is COc1nc(C(C)(C)C)c2nc(-c3ccccc3)cnc2n1. The summed E-state index contributed by atoms with van der Waals surface area (Å²) < 4.78 is 5.18. The molecule has 0 bridgehead atoms. The Morgan fingerprint density at radius 3 is 2.32 bits per heavy atom. The maximum absolute atomic E-state index is 5.18. The molecule has 3 aromatic rings. The topological polar surface area (TPSA) is 60.8 Å². The van der Waals surface area contributed by atoms with Gasteiger partial charge in [0.15, 0.2) is 5.65 Å². The van der Waals surface area contributed by atoms with E-state index in [1.54, 1.807) is 13.3 Å². The highest BCUT2D eigenvalue weighted by molar-refractivity contribution is 5.77. The summed E-state index contributed by atoms with van der Waals surface area (Å²) in [6.07, 6.45) is 1.73. The van der Waals surface area contributed by atoms with Crippen LogP contribution < -0.4 is 4.74 Å². The molecule has 0 aliphatic rings. The first-order chi connectivity index (χ1) is 10.5. The molecule has 0 amide bonds. The van der Waals surface area contributed by atoms with Crippen molar-refractivity contribution in [1.29, 1.82) is 0 Å². The van der Waals surface area contributed by atoms with Gasteiger partial charge in [0.2, 0.25) is 0 Å². The Hall–Kier alpha value is -2.56. The van der Waals surface area contributed by atoms with Crippen LogP contribution in [-0.2, 0) is 5.41 Å². The zero-order valence-electron chi connectivity index (χ0n) is 13.2. The van der Waals surface area contributed by atoms with E-state index in [-0.39, 0.29) is 5.41 Å². The number of fused-ring (bicyclic) bond motifs is 1. The van der Waals surface area contributed by atoms with Crippen LogP contribution in [0.2, 0.25) is 0 Å². The van der Waals surface area contributed by atoms with Gasteiger partial charge in [0.05, 0.1) is 24.7 Å². The molecule has 0 aliphatic carbocycles. The van der Waals surface area contributed by atoms with Gasteiger partial charge in [-0.05, 0) is 0 Å². The minimum atomic E-state index is -0.182. The summed E-state index contributed by atoms with van der Waals surface area (Å²) in [5.74, 6) is 0. The standard InChI is InChI=1S/C17H18N4O/c1-17(2,3)14-13-15(21-16(20-14)22-4)18-10-12(19-13)11-8-6-5-7-9-11/h5-10H,1-4H3. The van der Waals surface area contributed by atoms with Gasteiger partial charge in [0, 0.05) is 11.0 Å². The molecule has 0 saturated carbocycles. The van der Waals surface area contributed by atoms with Crippen molar-refractivity contribution in [2.24, 2.45) is 0 Å². The van der Waals surface area contributed by atoms with Crippen molar-refractivity contribution in [2.75, 3.05) is 7.11 Å². The van der Waals surface area contributed by atoms with Gasteiger partial charge in [-0.3, -0.25) is 0 Å². The van der Waals surface area contributed by atoms with Crippen molar-refractivity contribution in [1.82, 2.24) is 19.9 Å². The summed E-state index contributed by atoms with van der Waals surface area (Å²) >= 11 is 0. The lowest BCUT2D eigenvalue weighted by atomic mass is 9.91. The lowest BCUT2D eigenvalue weighted by Crippen LogP contribution is -2.16. The van der Waals surface area contributed by atoms with Crippen molar-refractivity contribution in [2.45, 2.75) is 26.2 Å². The number of methoxy groups -OCH3 is 1. The number of benzene rings is 1. The lowest BCUT2D eigenvalue weighted by molar-refractivity contribution is 0.376. The molecule has 1 aromatic carbocycles. The number of hydrogen-bond acceptors (Lipinski definition) is 5. The molecule has 0 saturated heterocycles. The first kappa shape index (κ1) is 14.4. The average molecular weight is 294 g/mol. The smallest absolute Gasteiger partial charge is 0.318 e. The van der Waals surface area contributed by atoms with Crippen molar-refractivity contribution in [3.05, 3.63) is 42.2 Å². The first-order valence-electron chi connectivity index (χ1n) is 7.14. The highest BCUT2D eigenvalue weighted by Gasteiger charge is 2.23. The zero-order chi connectivity index (χ0) is 15.7. The van der Waals surface area contributed by atoms with Crippen molar-refractivity contribution < 1.29 is 4.74 Å². The van der Waals surface area contributed by atoms with Crippen LogP contribution in [0.15, 0.2) is 36.5 Å². The van der Waals surface area contributed by atoms with Gasteiger partial charge >= 0.3 is 6.01 Å². The van der Waals surface area contributed by atoms with Gasteiger partial charge in [-0.1, -0.05) is 51.1 Å². The van der Waals surface area contributed by atoms with E-state index in [9.17, 15) is 0 Å². The van der Waals surface area contributed by atoms with Crippen molar-refractivity contribution in [3.63, 3.8) is 0 Å². The molecule has 0 fully saturated rings. The van der Waals surface area contributed by atoms with Crippen LogP contribution in [0.25, 0.3) is 22.4 Å². The Labute approximate surface area is 129 Å². The molecule has 112 valence electrons. The Balaban J connectivity index is 2.27. The summed E-state index contributed by atoms with van der Waals surface area (Å²) in [4.78, 5) is 18.0. The number of aromatic nitrogens is 4. The van der Waals surface area contributed by atoms with Crippen molar-refractivity contribution >= 4 is 11.2 Å². The quantitative estimate of drug-likeness (QED) is 0.725. The van der Waals surface area contributed by atoms with E-state index in [0.29, 0.717) is 11.7 Å². The molecular formula is C17H18N4O. The highest BCUT2D eigenvalue weighted by Crippen LogP contribution is 2.28. The summed E-state index contributed by atoms with van der Waals surface area (Å²) in [5.41, 5.74) is 3.75. The van der Waals surface area contributed by atoms with Gasteiger partial charge in [0.1, 0.15) is 5.52 Å². The molecule has 2 aromatic heterocycles. The third kappa shape index (κ3) is 2.62. The van der Waals surface area contributed by atoms with Gasteiger partial charge < -0.3 is 4.74 Å². The van der Waals surface area contributed by atoms with Gasteiger partial charge in [0.25, 0.3) is 0 Å². The Bertz CT molecular complexity index is 810. The first-order valence-corrected chi connectivity index (χ1v) is 7.14. The summed E-state index contributed by atoms with van der Waals surface area (Å²) in [6, 6.07) is 10.3. The molecule has 0 atom stereocenters. The Kier molecular flexibility index (Phi) is 3.48. The van der Waals surface area contributed by atoms with Gasteiger partial charge in [-0.25, -0.2) is 9.97 Å². The van der Waals surface area contributed by atoms with E-state index in [4.69, 9.17) is 9.72 Å². The fourth-order valence-corrected chi connectivity index (χ4v) is 2.25. The molecule has 3 rings (SSSR count). The molecule has 0 spiro atoms. The zero-order valence-corrected chi connectivity index (χ0v) is 13.2. The fourth-order valence-electron chi connectivity index (χ4n) is 2.25. The van der Waals surface area contributed by atoms with Crippen LogP contribution in [-0.4, -0.2) is 27.0 Å². The molecule has 0 unspecified atom stereocenters. The maximum atomic E-state index is 5.18. The Morgan fingerprint density at radius 2 is 1.68 bits per heavy atom. The minimum absolute atomic E-state index is 0.182. The molecular weight excluding hydrogens is 276 g/mol. The Morgan fingerprint density at radius 1 is 0.955 bits per heavy atom. The predicted molar refractivity (Wildman–Crippen MR) is 85.8 cm³/mol. The number of ether oxygens (including phenoxy) is 1. The fraction of sp³-hybridized carbons (Fsp3) is 0.294. The molecule has 0 aliphatic heterocycles.